The molecule has 1 amide bonds. The molecule has 5 heteroatoms. The largest absolute Gasteiger partial charge is 0.345 e. The number of aryl methyl sites for hydroxylation is 2. The van der Waals surface area contributed by atoms with Crippen molar-refractivity contribution in [3.63, 3.8) is 0 Å². The first-order valence-electron chi connectivity index (χ1n) is 9.05. The van der Waals surface area contributed by atoms with Gasteiger partial charge in [-0.2, -0.15) is 0 Å². The first kappa shape index (κ1) is 18.1. The molecule has 1 aromatic carbocycles. The topological polar surface area (TPSA) is 68.0 Å². The predicted molar refractivity (Wildman–Crippen MR) is 102 cm³/mol. The van der Waals surface area contributed by atoms with Gasteiger partial charge in [0.05, 0.1) is 22.7 Å². The molecule has 1 N–H and O–H groups in total. The van der Waals surface area contributed by atoms with E-state index in [0.717, 1.165) is 17.7 Å². The van der Waals surface area contributed by atoms with Crippen molar-refractivity contribution in [3.05, 3.63) is 58.4 Å². The quantitative estimate of drug-likeness (QED) is 0.714. The first-order chi connectivity index (χ1) is 12.4. The lowest BCUT2D eigenvalue weighted by molar-refractivity contribution is 0.0941. The molecule has 0 spiro atoms. The van der Waals surface area contributed by atoms with Crippen LogP contribution in [0.25, 0.3) is 11.1 Å². The number of amides is 1. The van der Waals surface area contributed by atoms with Crippen molar-refractivity contribution in [1.29, 1.82) is 0 Å². The van der Waals surface area contributed by atoms with Crippen LogP contribution in [0.3, 0.4) is 0 Å². The predicted octanol–water partition coefficient (Wildman–Crippen LogP) is 4.84. The standard InChI is InChI=1S/C21H25N3O2/c1-6-12(2)16-7-9-17(10-8-16)14(4)23-20(25)18-11-13(3)22-21-19(18)15(5)24-26-21/h7-12,14H,6H2,1-5H3,(H,23,25). The van der Waals surface area contributed by atoms with Gasteiger partial charge in [-0.1, -0.05) is 43.3 Å². The van der Waals surface area contributed by atoms with Crippen LogP contribution in [0.15, 0.2) is 34.9 Å². The zero-order chi connectivity index (χ0) is 18.8. The molecule has 26 heavy (non-hydrogen) atoms. The van der Waals surface area contributed by atoms with E-state index in [0.29, 0.717) is 28.3 Å². The third-order valence-corrected chi connectivity index (χ3v) is 4.96. The van der Waals surface area contributed by atoms with Crippen LogP contribution in [0, 0.1) is 13.8 Å². The van der Waals surface area contributed by atoms with E-state index in [9.17, 15) is 4.79 Å². The van der Waals surface area contributed by atoms with Crippen molar-refractivity contribution in [1.82, 2.24) is 15.5 Å². The minimum Gasteiger partial charge on any atom is -0.345 e. The van der Waals surface area contributed by atoms with Crippen LogP contribution >= 0.6 is 0 Å². The summed E-state index contributed by atoms with van der Waals surface area (Å²) in [5.41, 5.74) is 4.75. The number of benzene rings is 1. The van der Waals surface area contributed by atoms with Crippen molar-refractivity contribution in [2.75, 3.05) is 0 Å². The summed E-state index contributed by atoms with van der Waals surface area (Å²) in [4.78, 5) is 17.2. The molecular formula is C21H25N3O2. The number of pyridine rings is 1. The maximum atomic E-state index is 12.9. The maximum absolute atomic E-state index is 12.9. The number of aromatic nitrogens is 2. The van der Waals surface area contributed by atoms with E-state index in [1.807, 2.05) is 20.8 Å². The first-order valence-corrected chi connectivity index (χ1v) is 9.05. The van der Waals surface area contributed by atoms with Crippen LogP contribution < -0.4 is 5.32 Å². The molecule has 0 saturated carbocycles. The fourth-order valence-electron chi connectivity index (χ4n) is 3.10. The van der Waals surface area contributed by atoms with Crippen molar-refractivity contribution in [3.8, 4) is 0 Å². The summed E-state index contributed by atoms with van der Waals surface area (Å²) < 4.78 is 5.22. The number of carbonyl (C=O) groups excluding carboxylic acids is 1. The highest BCUT2D eigenvalue weighted by Crippen LogP contribution is 2.24. The summed E-state index contributed by atoms with van der Waals surface area (Å²) in [7, 11) is 0. The van der Waals surface area contributed by atoms with E-state index in [1.165, 1.54) is 5.56 Å². The lowest BCUT2D eigenvalue weighted by atomic mass is 9.96. The molecule has 2 aromatic heterocycles. The Labute approximate surface area is 153 Å². The fraction of sp³-hybridized carbons (Fsp3) is 0.381. The van der Waals surface area contributed by atoms with E-state index in [4.69, 9.17) is 4.52 Å². The summed E-state index contributed by atoms with van der Waals surface area (Å²) in [5.74, 6) is 0.392. The Bertz CT molecular complexity index is 928. The second-order valence-corrected chi connectivity index (χ2v) is 6.93. The van der Waals surface area contributed by atoms with Gasteiger partial charge in [-0.3, -0.25) is 4.79 Å². The maximum Gasteiger partial charge on any atom is 0.258 e. The van der Waals surface area contributed by atoms with Crippen LogP contribution in [-0.2, 0) is 0 Å². The van der Waals surface area contributed by atoms with Gasteiger partial charge in [-0.05, 0) is 50.3 Å². The number of carbonyl (C=O) groups is 1. The van der Waals surface area contributed by atoms with Crippen molar-refractivity contribution >= 4 is 17.0 Å². The van der Waals surface area contributed by atoms with Crippen LogP contribution in [-0.4, -0.2) is 16.0 Å². The lowest BCUT2D eigenvalue weighted by Crippen LogP contribution is -2.27. The third kappa shape index (κ3) is 3.47. The molecule has 3 rings (SSSR count). The molecule has 2 atom stereocenters. The van der Waals surface area contributed by atoms with E-state index in [1.54, 1.807) is 6.07 Å². The molecule has 2 unspecified atom stereocenters. The minimum absolute atomic E-state index is 0.0998. The van der Waals surface area contributed by atoms with E-state index >= 15 is 0 Å². The van der Waals surface area contributed by atoms with Crippen molar-refractivity contribution in [2.45, 2.75) is 53.0 Å². The minimum atomic E-state index is -0.148. The number of rotatable bonds is 5. The Balaban J connectivity index is 1.83. The van der Waals surface area contributed by atoms with Gasteiger partial charge < -0.3 is 9.84 Å². The molecule has 136 valence electrons. The lowest BCUT2D eigenvalue weighted by Gasteiger charge is -2.16. The zero-order valence-corrected chi connectivity index (χ0v) is 16.0. The molecule has 0 aliphatic carbocycles. The van der Waals surface area contributed by atoms with Gasteiger partial charge in [-0.15, -0.1) is 0 Å². The average Bonchev–Trinajstić information content (AvgIpc) is 3.01. The van der Waals surface area contributed by atoms with Gasteiger partial charge in [-0.25, -0.2) is 4.98 Å². The van der Waals surface area contributed by atoms with Gasteiger partial charge >= 0.3 is 0 Å². The summed E-state index contributed by atoms with van der Waals surface area (Å²) in [6.07, 6.45) is 1.11. The molecule has 0 aliphatic heterocycles. The van der Waals surface area contributed by atoms with Crippen LogP contribution in [0.4, 0.5) is 0 Å². The molecule has 0 saturated heterocycles. The fourth-order valence-corrected chi connectivity index (χ4v) is 3.10. The van der Waals surface area contributed by atoms with Gasteiger partial charge in [0.1, 0.15) is 0 Å². The van der Waals surface area contributed by atoms with E-state index in [-0.39, 0.29) is 11.9 Å². The Morgan fingerprint density at radius 2 is 1.81 bits per heavy atom. The Hall–Kier alpha value is -2.69. The van der Waals surface area contributed by atoms with Crippen LogP contribution in [0.5, 0.6) is 0 Å². The van der Waals surface area contributed by atoms with Crippen LogP contribution in [0.2, 0.25) is 0 Å². The number of hydrogen-bond acceptors (Lipinski definition) is 4. The monoisotopic (exact) mass is 351 g/mol. The van der Waals surface area contributed by atoms with Crippen molar-refractivity contribution in [2.24, 2.45) is 0 Å². The average molecular weight is 351 g/mol. The molecular weight excluding hydrogens is 326 g/mol. The van der Waals surface area contributed by atoms with Crippen molar-refractivity contribution < 1.29 is 9.32 Å². The molecule has 0 aliphatic rings. The highest BCUT2D eigenvalue weighted by molar-refractivity contribution is 6.06. The molecule has 0 bridgehead atoms. The van der Waals surface area contributed by atoms with Gasteiger partial charge in [0, 0.05) is 5.69 Å². The zero-order valence-electron chi connectivity index (χ0n) is 16.0. The molecule has 0 radical (unpaired) electrons. The highest BCUT2D eigenvalue weighted by Gasteiger charge is 2.19. The molecule has 2 heterocycles. The van der Waals surface area contributed by atoms with Gasteiger partial charge in [0.2, 0.25) is 0 Å². The molecule has 0 fully saturated rings. The number of fused-ring (bicyclic) bond motifs is 1. The Morgan fingerprint density at radius 1 is 1.15 bits per heavy atom. The highest BCUT2D eigenvalue weighted by atomic mass is 16.5. The second kappa shape index (κ2) is 7.28. The number of nitrogens with one attached hydrogen (secondary N) is 1. The van der Waals surface area contributed by atoms with Gasteiger partial charge in [0.15, 0.2) is 0 Å². The Kier molecular flexibility index (Phi) is 5.07. The van der Waals surface area contributed by atoms with E-state index in [2.05, 4.69) is 53.6 Å². The third-order valence-electron chi connectivity index (χ3n) is 4.96. The van der Waals surface area contributed by atoms with Gasteiger partial charge in [0.25, 0.3) is 11.6 Å². The normalized spacial score (nSPS) is 13.6. The smallest absolute Gasteiger partial charge is 0.258 e. The summed E-state index contributed by atoms with van der Waals surface area (Å²) in [6.45, 7) is 10.0. The Morgan fingerprint density at radius 3 is 2.46 bits per heavy atom. The van der Waals surface area contributed by atoms with E-state index < -0.39 is 0 Å². The summed E-state index contributed by atoms with van der Waals surface area (Å²) >= 11 is 0. The SMILES string of the molecule is CCC(C)c1ccc(C(C)NC(=O)c2cc(C)nc3onc(C)c23)cc1. The van der Waals surface area contributed by atoms with Crippen LogP contribution in [0.1, 0.15) is 72.0 Å². The number of hydrogen-bond donors (Lipinski definition) is 1. The molecule has 3 aromatic rings. The molecule has 5 nitrogen and oxygen atoms in total. The summed E-state index contributed by atoms with van der Waals surface area (Å²) in [5, 5.41) is 7.68. The summed E-state index contributed by atoms with van der Waals surface area (Å²) in [6, 6.07) is 10.1. The number of nitrogens with zero attached hydrogens (tertiary/aromatic N) is 2. The second-order valence-electron chi connectivity index (χ2n) is 6.93.